The molecule has 4 nitrogen and oxygen atoms in total. The van der Waals surface area contributed by atoms with Crippen molar-refractivity contribution in [3.05, 3.63) is 29.3 Å². The number of methoxy groups -OCH3 is 1. The number of ether oxygens (including phenoxy) is 2. The maximum Gasteiger partial charge on any atom is 0.123 e. The Bertz CT molecular complexity index is 369. The third kappa shape index (κ3) is 6.89. The van der Waals surface area contributed by atoms with Gasteiger partial charge in [-0.2, -0.15) is 0 Å². The highest BCUT2D eigenvalue weighted by atomic mass is 16.5. The molecule has 0 saturated carbocycles. The van der Waals surface area contributed by atoms with Crippen molar-refractivity contribution in [2.45, 2.75) is 32.7 Å². The lowest BCUT2D eigenvalue weighted by Gasteiger charge is -2.13. The Morgan fingerprint density at radius 2 is 2.00 bits per heavy atom. The van der Waals surface area contributed by atoms with Crippen LogP contribution in [0.1, 0.15) is 30.4 Å². The van der Waals surface area contributed by atoms with Gasteiger partial charge in [-0.15, -0.1) is 0 Å². The molecule has 0 bridgehead atoms. The summed E-state index contributed by atoms with van der Waals surface area (Å²) >= 11 is 0. The van der Waals surface area contributed by atoms with E-state index < -0.39 is 0 Å². The number of nitrogens with one attached hydrogen (secondary N) is 1. The first-order valence-electron chi connectivity index (χ1n) is 7.30. The lowest BCUT2D eigenvalue weighted by Crippen LogP contribution is -2.19. The van der Waals surface area contributed by atoms with Gasteiger partial charge in [0.1, 0.15) is 5.75 Å². The van der Waals surface area contributed by atoms with E-state index >= 15 is 0 Å². The summed E-state index contributed by atoms with van der Waals surface area (Å²) in [6.45, 7) is 5.39. The Hall–Kier alpha value is -1.10. The molecule has 0 aromatic heterocycles. The highest BCUT2D eigenvalue weighted by Crippen LogP contribution is 2.20. The van der Waals surface area contributed by atoms with Crippen molar-refractivity contribution in [1.29, 1.82) is 0 Å². The van der Waals surface area contributed by atoms with E-state index in [4.69, 9.17) is 14.6 Å². The Morgan fingerprint density at radius 1 is 1.15 bits per heavy atom. The van der Waals surface area contributed by atoms with Crippen molar-refractivity contribution in [2.24, 2.45) is 0 Å². The van der Waals surface area contributed by atoms with Gasteiger partial charge in [-0.05, 0) is 32.3 Å². The summed E-state index contributed by atoms with van der Waals surface area (Å²) in [6, 6.07) is 6.26. The summed E-state index contributed by atoms with van der Waals surface area (Å²) < 4.78 is 10.9. The number of rotatable bonds is 11. The number of unbranched alkanes of at least 4 members (excludes halogenated alkanes) is 2. The minimum atomic E-state index is 0.263. The van der Waals surface area contributed by atoms with Gasteiger partial charge in [0.25, 0.3) is 0 Å². The number of benzene rings is 1. The molecule has 0 radical (unpaired) electrons. The quantitative estimate of drug-likeness (QED) is 0.611. The fraction of sp³-hybridized carbons (Fsp3) is 0.625. The van der Waals surface area contributed by atoms with Crippen LogP contribution in [-0.2, 0) is 11.3 Å². The highest BCUT2D eigenvalue weighted by molar-refractivity contribution is 5.36. The van der Waals surface area contributed by atoms with E-state index in [9.17, 15) is 0 Å². The average molecular weight is 281 g/mol. The summed E-state index contributed by atoms with van der Waals surface area (Å²) in [7, 11) is 1.70. The van der Waals surface area contributed by atoms with Crippen LogP contribution in [0.15, 0.2) is 18.2 Å². The van der Waals surface area contributed by atoms with Gasteiger partial charge >= 0.3 is 0 Å². The van der Waals surface area contributed by atoms with E-state index in [1.807, 2.05) is 6.07 Å². The van der Waals surface area contributed by atoms with Crippen LogP contribution < -0.4 is 10.1 Å². The molecule has 0 aliphatic carbocycles. The normalized spacial score (nSPS) is 10.8. The molecule has 4 heteroatoms. The van der Waals surface area contributed by atoms with Crippen molar-refractivity contribution >= 4 is 0 Å². The van der Waals surface area contributed by atoms with E-state index in [0.29, 0.717) is 13.2 Å². The average Bonchev–Trinajstić information content (AvgIpc) is 2.45. The molecule has 0 atom stereocenters. The number of aryl methyl sites for hydroxylation is 1. The fourth-order valence-corrected chi connectivity index (χ4v) is 1.96. The second-order valence-electron chi connectivity index (χ2n) is 4.91. The van der Waals surface area contributed by atoms with Crippen LogP contribution in [0.3, 0.4) is 0 Å². The van der Waals surface area contributed by atoms with Gasteiger partial charge in [0, 0.05) is 32.4 Å². The van der Waals surface area contributed by atoms with Crippen LogP contribution in [0.25, 0.3) is 0 Å². The van der Waals surface area contributed by atoms with Gasteiger partial charge in [-0.1, -0.05) is 17.7 Å². The van der Waals surface area contributed by atoms with Crippen LogP contribution in [0.2, 0.25) is 0 Å². The van der Waals surface area contributed by atoms with Crippen molar-refractivity contribution in [2.75, 3.05) is 33.5 Å². The molecule has 1 aromatic carbocycles. The molecule has 1 rings (SSSR count). The van der Waals surface area contributed by atoms with Crippen LogP contribution in [0.5, 0.6) is 5.75 Å². The Morgan fingerprint density at radius 3 is 2.75 bits per heavy atom. The summed E-state index contributed by atoms with van der Waals surface area (Å²) in [5, 5.41) is 12.1. The van der Waals surface area contributed by atoms with Crippen LogP contribution in [-0.4, -0.2) is 38.6 Å². The largest absolute Gasteiger partial charge is 0.493 e. The molecule has 114 valence electrons. The Labute approximate surface area is 122 Å². The van der Waals surface area contributed by atoms with E-state index in [0.717, 1.165) is 38.1 Å². The molecule has 20 heavy (non-hydrogen) atoms. The molecular formula is C16H27NO3. The summed E-state index contributed by atoms with van der Waals surface area (Å²) in [5.74, 6) is 0.949. The van der Waals surface area contributed by atoms with Crippen molar-refractivity contribution in [3.63, 3.8) is 0 Å². The number of aliphatic hydroxyl groups is 1. The van der Waals surface area contributed by atoms with Crippen LogP contribution in [0.4, 0.5) is 0 Å². The predicted octanol–water partition coefficient (Wildman–Crippen LogP) is 2.27. The first-order valence-corrected chi connectivity index (χ1v) is 7.30. The highest BCUT2D eigenvalue weighted by Gasteiger charge is 2.04. The molecule has 0 aliphatic rings. The first-order chi connectivity index (χ1) is 9.77. The standard InChI is InChI=1S/C16H27NO3/c1-14-6-7-16(20-10-5-3-4-9-18)15(12-14)13-17-8-11-19-2/h6-7,12,17-18H,3-5,8-11,13H2,1-2H3. The van der Waals surface area contributed by atoms with Gasteiger partial charge in [0.15, 0.2) is 0 Å². The van der Waals surface area contributed by atoms with Gasteiger partial charge in [0.2, 0.25) is 0 Å². The second kappa shape index (κ2) is 10.7. The molecule has 2 N–H and O–H groups in total. The molecule has 0 saturated heterocycles. The zero-order valence-corrected chi connectivity index (χ0v) is 12.7. The summed E-state index contributed by atoms with van der Waals surface area (Å²) in [6.07, 6.45) is 2.83. The van der Waals surface area contributed by atoms with Gasteiger partial charge in [0.05, 0.1) is 13.2 Å². The zero-order chi connectivity index (χ0) is 14.6. The molecular weight excluding hydrogens is 254 g/mol. The fourth-order valence-electron chi connectivity index (χ4n) is 1.96. The lowest BCUT2D eigenvalue weighted by molar-refractivity contribution is 0.199. The topological polar surface area (TPSA) is 50.7 Å². The molecule has 0 amide bonds. The third-order valence-electron chi connectivity index (χ3n) is 3.07. The lowest BCUT2D eigenvalue weighted by atomic mass is 10.1. The maximum atomic E-state index is 8.74. The minimum Gasteiger partial charge on any atom is -0.493 e. The number of hydrogen-bond acceptors (Lipinski definition) is 4. The van der Waals surface area contributed by atoms with E-state index in [-0.39, 0.29) is 6.61 Å². The Balaban J connectivity index is 2.42. The van der Waals surface area contributed by atoms with Gasteiger partial charge in [-0.25, -0.2) is 0 Å². The smallest absolute Gasteiger partial charge is 0.123 e. The number of hydrogen-bond donors (Lipinski definition) is 2. The summed E-state index contributed by atoms with van der Waals surface area (Å²) in [5.41, 5.74) is 2.42. The zero-order valence-electron chi connectivity index (χ0n) is 12.7. The first kappa shape index (κ1) is 17.0. The van der Waals surface area contributed by atoms with Crippen molar-refractivity contribution < 1.29 is 14.6 Å². The van der Waals surface area contributed by atoms with Crippen LogP contribution >= 0.6 is 0 Å². The SMILES string of the molecule is COCCNCc1cc(C)ccc1OCCCCCO. The second-order valence-corrected chi connectivity index (χ2v) is 4.91. The molecule has 1 aromatic rings. The monoisotopic (exact) mass is 281 g/mol. The van der Waals surface area contributed by atoms with E-state index in [2.05, 4.69) is 24.4 Å². The van der Waals surface area contributed by atoms with Gasteiger partial charge < -0.3 is 19.9 Å². The van der Waals surface area contributed by atoms with Crippen molar-refractivity contribution in [3.8, 4) is 5.75 Å². The third-order valence-corrected chi connectivity index (χ3v) is 3.07. The number of aliphatic hydroxyl groups excluding tert-OH is 1. The molecule has 0 fully saturated rings. The predicted molar refractivity (Wildman–Crippen MR) is 81.2 cm³/mol. The minimum absolute atomic E-state index is 0.263. The van der Waals surface area contributed by atoms with Gasteiger partial charge in [-0.3, -0.25) is 0 Å². The van der Waals surface area contributed by atoms with E-state index in [1.54, 1.807) is 7.11 Å². The molecule has 0 unspecified atom stereocenters. The van der Waals surface area contributed by atoms with Crippen LogP contribution in [0, 0.1) is 6.92 Å². The summed E-state index contributed by atoms with van der Waals surface area (Å²) in [4.78, 5) is 0. The maximum absolute atomic E-state index is 8.74. The molecule has 0 spiro atoms. The molecule has 0 aliphatic heterocycles. The Kier molecular flexibility index (Phi) is 9.04. The van der Waals surface area contributed by atoms with Crippen molar-refractivity contribution in [1.82, 2.24) is 5.32 Å². The van der Waals surface area contributed by atoms with E-state index in [1.165, 1.54) is 11.1 Å². The molecule has 0 heterocycles.